The molecule has 0 fully saturated rings. The van der Waals surface area contributed by atoms with Crippen LogP contribution in [0.15, 0.2) is 24.3 Å². The first-order valence-corrected chi connectivity index (χ1v) is 6.70. The van der Waals surface area contributed by atoms with Gasteiger partial charge in [0.2, 0.25) is 0 Å². The molecule has 106 valence electrons. The number of carbonyl (C=O) groups is 1. The van der Waals surface area contributed by atoms with Crippen molar-refractivity contribution in [1.82, 2.24) is 5.32 Å². The van der Waals surface area contributed by atoms with Crippen molar-refractivity contribution < 1.29 is 14.3 Å². The molecule has 4 nitrogen and oxygen atoms in total. The summed E-state index contributed by atoms with van der Waals surface area (Å²) < 4.78 is 10.2. The molecular formula is C15H23NO3. The van der Waals surface area contributed by atoms with Crippen LogP contribution in [-0.4, -0.2) is 25.7 Å². The maximum absolute atomic E-state index is 11.2. The van der Waals surface area contributed by atoms with Crippen molar-refractivity contribution in [2.45, 2.75) is 27.3 Å². The summed E-state index contributed by atoms with van der Waals surface area (Å²) >= 11 is 0. The third-order valence-electron chi connectivity index (χ3n) is 2.44. The van der Waals surface area contributed by atoms with Crippen LogP contribution < -0.4 is 10.1 Å². The Kier molecular flexibility index (Phi) is 6.97. The third kappa shape index (κ3) is 6.82. The van der Waals surface area contributed by atoms with Crippen LogP contribution in [0.1, 0.15) is 26.3 Å². The van der Waals surface area contributed by atoms with Crippen molar-refractivity contribution >= 4 is 5.97 Å². The Balaban J connectivity index is 2.41. The van der Waals surface area contributed by atoms with Gasteiger partial charge in [-0.2, -0.15) is 0 Å². The van der Waals surface area contributed by atoms with Crippen LogP contribution in [0.25, 0.3) is 0 Å². The van der Waals surface area contributed by atoms with Gasteiger partial charge in [0, 0.05) is 6.54 Å². The van der Waals surface area contributed by atoms with E-state index >= 15 is 0 Å². The van der Waals surface area contributed by atoms with Gasteiger partial charge in [0.1, 0.15) is 5.75 Å². The Bertz CT molecular complexity index is 391. The summed E-state index contributed by atoms with van der Waals surface area (Å²) in [7, 11) is 0. The second-order valence-corrected chi connectivity index (χ2v) is 4.77. The van der Waals surface area contributed by atoms with Crippen LogP contribution in [0.4, 0.5) is 0 Å². The van der Waals surface area contributed by atoms with Crippen LogP contribution in [-0.2, 0) is 16.1 Å². The standard InChI is InChI=1S/C15H23NO3/c1-4-18-15(17)11-19-14-7-5-6-13(8-14)10-16-9-12(2)3/h5-8,12,16H,4,9-11H2,1-3H3. The highest BCUT2D eigenvalue weighted by Crippen LogP contribution is 2.13. The van der Waals surface area contributed by atoms with Gasteiger partial charge >= 0.3 is 5.97 Å². The van der Waals surface area contributed by atoms with E-state index in [9.17, 15) is 4.79 Å². The van der Waals surface area contributed by atoms with Crippen molar-refractivity contribution in [3.8, 4) is 5.75 Å². The lowest BCUT2D eigenvalue weighted by Crippen LogP contribution is -2.19. The molecule has 0 unspecified atom stereocenters. The van der Waals surface area contributed by atoms with Crippen LogP contribution in [0, 0.1) is 5.92 Å². The van der Waals surface area contributed by atoms with E-state index in [0.717, 1.165) is 18.7 Å². The number of hydrogen-bond acceptors (Lipinski definition) is 4. The Hall–Kier alpha value is -1.55. The first-order valence-electron chi connectivity index (χ1n) is 6.70. The minimum absolute atomic E-state index is 0.0449. The summed E-state index contributed by atoms with van der Waals surface area (Å²) in [5, 5.41) is 3.37. The van der Waals surface area contributed by atoms with Crippen LogP contribution in [0.3, 0.4) is 0 Å². The lowest BCUT2D eigenvalue weighted by atomic mass is 10.2. The molecule has 0 aromatic heterocycles. The summed E-state index contributed by atoms with van der Waals surface area (Å²) in [5.41, 5.74) is 1.14. The molecule has 1 aromatic rings. The maximum atomic E-state index is 11.2. The quantitative estimate of drug-likeness (QED) is 0.733. The fourth-order valence-electron chi connectivity index (χ4n) is 1.60. The van der Waals surface area contributed by atoms with E-state index in [-0.39, 0.29) is 12.6 Å². The van der Waals surface area contributed by atoms with Crippen molar-refractivity contribution in [1.29, 1.82) is 0 Å². The van der Waals surface area contributed by atoms with Gasteiger partial charge in [-0.25, -0.2) is 4.79 Å². The zero-order chi connectivity index (χ0) is 14.1. The lowest BCUT2D eigenvalue weighted by Gasteiger charge is -2.09. The highest BCUT2D eigenvalue weighted by Gasteiger charge is 2.03. The molecule has 0 saturated carbocycles. The molecule has 0 aliphatic carbocycles. The van der Waals surface area contributed by atoms with Gasteiger partial charge in [-0.15, -0.1) is 0 Å². The third-order valence-corrected chi connectivity index (χ3v) is 2.44. The van der Waals surface area contributed by atoms with Crippen molar-refractivity contribution in [3.63, 3.8) is 0 Å². The van der Waals surface area contributed by atoms with E-state index in [2.05, 4.69) is 19.2 Å². The van der Waals surface area contributed by atoms with Gasteiger partial charge in [0.15, 0.2) is 6.61 Å². The van der Waals surface area contributed by atoms with E-state index < -0.39 is 0 Å². The monoisotopic (exact) mass is 265 g/mol. The molecule has 19 heavy (non-hydrogen) atoms. The summed E-state index contributed by atoms with van der Waals surface area (Å²) in [6, 6.07) is 7.73. The molecule has 0 atom stereocenters. The number of rotatable bonds is 8. The predicted octanol–water partition coefficient (Wildman–Crippen LogP) is 2.37. The molecule has 1 rings (SSSR count). The van der Waals surface area contributed by atoms with Crippen molar-refractivity contribution in [2.75, 3.05) is 19.8 Å². The fraction of sp³-hybridized carbons (Fsp3) is 0.533. The normalized spacial score (nSPS) is 10.5. The minimum Gasteiger partial charge on any atom is -0.482 e. The molecule has 4 heteroatoms. The Labute approximate surface area is 115 Å². The predicted molar refractivity (Wildman–Crippen MR) is 75.1 cm³/mol. The summed E-state index contributed by atoms with van der Waals surface area (Å²) in [5.74, 6) is 0.978. The largest absolute Gasteiger partial charge is 0.482 e. The topological polar surface area (TPSA) is 47.6 Å². The zero-order valence-corrected chi connectivity index (χ0v) is 11.9. The Morgan fingerprint density at radius 3 is 2.84 bits per heavy atom. The highest BCUT2D eigenvalue weighted by atomic mass is 16.6. The van der Waals surface area contributed by atoms with E-state index in [0.29, 0.717) is 18.3 Å². The average Bonchev–Trinajstić information content (AvgIpc) is 2.37. The lowest BCUT2D eigenvalue weighted by molar-refractivity contribution is -0.145. The van der Waals surface area contributed by atoms with E-state index in [1.54, 1.807) is 6.92 Å². The highest BCUT2D eigenvalue weighted by molar-refractivity contribution is 5.71. The number of ether oxygens (including phenoxy) is 2. The SMILES string of the molecule is CCOC(=O)COc1cccc(CNCC(C)C)c1. The Morgan fingerprint density at radius 1 is 1.37 bits per heavy atom. The van der Waals surface area contributed by atoms with Crippen LogP contribution in [0.5, 0.6) is 5.75 Å². The number of hydrogen-bond donors (Lipinski definition) is 1. The minimum atomic E-state index is -0.342. The van der Waals surface area contributed by atoms with Crippen molar-refractivity contribution in [3.05, 3.63) is 29.8 Å². The summed E-state index contributed by atoms with van der Waals surface area (Å²) in [4.78, 5) is 11.2. The van der Waals surface area contributed by atoms with Gasteiger partial charge in [-0.1, -0.05) is 26.0 Å². The number of carbonyl (C=O) groups excluding carboxylic acids is 1. The molecule has 0 amide bonds. The summed E-state index contributed by atoms with van der Waals surface area (Å²) in [6.45, 7) is 8.23. The summed E-state index contributed by atoms with van der Waals surface area (Å²) in [6.07, 6.45) is 0. The second kappa shape index (κ2) is 8.53. The van der Waals surface area contributed by atoms with E-state index in [1.807, 2.05) is 24.3 Å². The number of benzene rings is 1. The van der Waals surface area contributed by atoms with Crippen LogP contribution >= 0.6 is 0 Å². The fourth-order valence-corrected chi connectivity index (χ4v) is 1.60. The van der Waals surface area contributed by atoms with E-state index in [4.69, 9.17) is 9.47 Å². The molecule has 0 aliphatic heterocycles. The average molecular weight is 265 g/mol. The smallest absolute Gasteiger partial charge is 0.344 e. The Morgan fingerprint density at radius 2 is 2.16 bits per heavy atom. The number of esters is 1. The van der Waals surface area contributed by atoms with Gasteiger partial charge in [-0.3, -0.25) is 0 Å². The van der Waals surface area contributed by atoms with Crippen LogP contribution in [0.2, 0.25) is 0 Å². The van der Waals surface area contributed by atoms with Gasteiger partial charge < -0.3 is 14.8 Å². The van der Waals surface area contributed by atoms with E-state index in [1.165, 1.54) is 0 Å². The molecule has 1 aromatic carbocycles. The van der Waals surface area contributed by atoms with Gasteiger partial charge in [0.25, 0.3) is 0 Å². The molecule has 1 N–H and O–H groups in total. The molecule has 0 heterocycles. The number of nitrogens with one attached hydrogen (secondary N) is 1. The second-order valence-electron chi connectivity index (χ2n) is 4.77. The molecule has 0 saturated heterocycles. The van der Waals surface area contributed by atoms with Gasteiger partial charge in [0.05, 0.1) is 6.61 Å². The first kappa shape index (κ1) is 15.5. The zero-order valence-electron chi connectivity index (χ0n) is 11.9. The molecule has 0 bridgehead atoms. The molecular weight excluding hydrogens is 242 g/mol. The first-order chi connectivity index (χ1) is 9.11. The maximum Gasteiger partial charge on any atom is 0.344 e. The van der Waals surface area contributed by atoms with Crippen molar-refractivity contribution in [2.24, 2.45) is 5.92 Å². The molecule has 0 aliphatic rings. The van der Waals surface area contributed by atoms with Gasteiger partial charge in [-0.05, 0) is 37.1 Å². The molecule has 0 spiro atoms. The molecule has 0 radical (unpaired) electrons.